The molecule has 0 radical (unpaired) electrons. The largest absolute Gasteiger partial charge is 0.486 e. The molecule has 5 rings (SSSR count). The maximum Gasteiger partial charge on any atom is 0.166 e. The number of ketones is 1. The number of aryl methyl sites for hydroxylation is 1. The van der Waals surface area contributed by atoms with Gasteiger partial charge in [0, 0.05) is 19.2 Å². The van der Waals surface area contributed by atoms with E-state index >= 15 is 0 Å². The van der Waals surface area contributed by atoms with Crippen molar-refractivity contribution in [2.45, 2.75) is 32.4 Å². The average Bonchev–Trinajstić information content (AvgIpc) is 3.48. The first-order valence-corrected chi connectivity index (χ1v) is 12.1. The van der Waals surface area contributed by atoms with Crippen LogP contribution in [0.4, 0.5) is 8.78 Å². The molecule has 1 unspecified atom stereocenters. The number of hydrogen-bond donors (Lipinski definition) is 0. The van der Waals surface area contributed by atoms with Crippen molar-refractivity contribution in [3.8, 4) is 11.8 Å². The molecule has 0 amide bonds. The fourth-order valence-electron chi connectivity index (χ4n) is 4.87. The van der Waals surface area contributed by atoms with Crippen LogP contribution in [0.25, 0.3) is 11.0 Å². The van der Waals surface area contributed by atoms with E-state index in [9.17, 15) is 13.6 Å². The molecule has 4 aromatic rings. The van der Waals surface area contributed by atoms with Crippen molar-refractivity contribution in [2.24, 2.45) is 7.05 Å². The number of benzene rings is 3. The smallest absolute Gasteiger partial charge is 0.166 e. The molecule has 1 aliphatic heterocycles. The number of nitrogens with zero attached hydrogens (tertiary/aromatic N) is 4. The summed E-state index contributed by atoms with van der Waals surface area (Å²) in [6.45, 7) is 3.94. The highest BCUT2D eigenvalue weighted by Gasteiger charge is 2.26. The number of rotatable bonds is 7. The number of fused-ring (bicyclic) bond motifs is 1. The lowest BCUT2D eigenvalue weighted by atomic mass is 9.97. The third-order valence-corrected chi connectivity index (χ3v) is 6.95. The lowest BCUT2D eigenvalue weighted by Gasteiger charge is -2.16. The van der Waals surface area contributed by atoms with Crippen LogP contribution in [0, 0.1) is 23.0 Å². The standard InChI is InChI=1S/C29H26F2N4O2/c1-18(36)23-12-25(31)29-26(13-23)34(2)28(33-29)16-35-9-8-22(15-35)21-5-3-4-20(10-21)17-37-27-7-6-19(14-32)11-24(27)30/h3-7,10-13,22H,8-9,15-17H2,1-2H3. The Morgan fingerprint density at radius 3 is 2.76 bits per heavy atom. The van der Waals surface area contributed by atoms with Crippen molar-refractivity contribution in [1.82, 2.24) is 14.5 Å². The van der Waals surface area contributed by atoms with E-state index in [1.54, 1.807) is 6.07 Å². The lowest BCUT2D eigenvalue weighted by molar-refractivity contribution is 0.101. The van der Waals surface area contributed by atoms with Crippen molar-refractivity contribution >= 4 is 16.8 Å². The summed E-state index contributed by atoms with van der Waals surface area (Å²) in [7, 11) is 1.85. The molecule has 0 spiro atoms. The van der Waals surface area contributed by atoms with Gasteiger partial charge in [0.05, 0.1) is 23.7 Å². The SMILES string of the molecule is CC(=O)c1cc(F)c2nc(CN3CCC(c4cccc(COc5ccc(C#N)cc5F)c4)C3)n(C)c2c1. The quantitative estimate of drug-likeness (QED) is 0.314. The first-order valence-electron chi connectivity index (χ1n) is 12.1. The van der Waals surface area contributed by atoms with Gasteiger partial charge in [0.2, 0.25) is 0 Å². The Labute approximate surface area is 213 Å². The van der Waals surface area contributed by atoms with Gasteiger partial charge < -0.3 is 9.30 Å². The van der Waals surface area contributed by atoms with Gasteiger partial charge in [-0.15, -0.1) is 0 Å². The monoisotopic (exact) mass is 500 g/mol. The predicted molar refractivity (Wildman–Crippen MR) is 135 cm³/mol. The van der Waals surface area contributed by atoms with Crippen LogP contribution >= 0.6 is 0 Å². The van der Waals surface area contributed by atoms with E-state index in [0.717, 1.165) is 30.9 Å². The predicted octanol–water partition coefficient (Wildman–Crippen LogP) is 5.49. The molecule has 1 aliphatic rings. The summed E-state index contributed by atoms with van der Waals surface area (Å²) in [5.41, 5.74) is 3.61. The minimum atomic E-state index is -0.555. The van der Waals surface area contributed by atoms with Crippen LogP contribution in [0.3, 0.4) is 0 Å². The fourth-order valence-corrected chi connectivity index (χ4v) is 4.87. The second-order valence-electron chi connectivity index (χ2n) is 9.48. The zero-order chi connectivity index (χ0) is 26.1. The first-order chi connectivity index (χ1) is 17.8. The Morgan fingerprint density at radius 2 is 2.00 bits per heavy atom. The van der Waals surface area contributed by atoms with E-state index in [2.05, 4.69) is 22.0 Å². The lowest BCUT2D eigenvalue weighted by Crippen LogP contribution is -2.21. The molecule has 1 saturated heterocycles. The van der Waals surface area contributed by atoms with E-state index in [1.807, 2.05) is 29.8 Å². The zero-order valence-electron chi connectivity index (χ0n) is 20.7. The number of nitriles is 1. The average molecular weight is 501 g/mol. The van der Waals surface area contributed by atoms with E-state index < -0.39 is 11.6 Å². The molecule has 2 heterocycles. The first kappa shape index (κ1) is 24.6. The number of hydrogen-bond acceptors (Lipinski definition) is 5. The highest BCUT2D eigenvalue weighted by Crippen LogP contribution is 2.30. The molecule has 8 heteroatoms. The van der Waals surface area contributed by atoms with Crippen LogP contribution in [0.15, 0.2) is 54.6 Å². The third kappa shape index (κ3) is 5.09. The van der Waals surface area contributed by atoms with Crippen LogP contribution in [0.5, 0.6) is 5.75 Å². The minimum absolute atomic E-state index is 0.116. The van der Waals surface area contributed by atoms with Gasteiger partial charge in [-0.3, -0.25) is 9.69 Å². The van der Waals surface area contributed by atoms with Crippen molar-refractivity contribution in [1.29, 1.82) is 5.26 Å². The van der Waals surface area contributed by atoms with Crippen molar-refractivity contribution in [3.05, 3.63) is 94.3 Å². The zero-order valence-corrected chi connectivity index (χ0v) is 20.7. The topological polar surface area (TPSA) is 71.2 Å². The van der Waals surface area contributed by atoms with Crippen LogP contribution < -0.4 is 4.74 Å². The molecule has 3 aromatic carbocycles. The molecule has 0 bridgehead atoms. The van der Waals surface area contributed by atoms with E-state index in [-0.39, 0.29) is 29.2 Å². The Morgan fingerprint density at radius 1 is 1.16 bits per heavy atom. The number of Topliss-reactive ketones (excluding diaryl/α,β-unsaturated/α-hetero) is 1. The maximum absolute atomic E-state index is 14.6. The van der Waals surface area contributed by atoms with Crippen molar-refractivity contribution < 1.29 is 18.3 Å². The molecular weight excluding hydrogens is 474 g/mol. The Balaban J connectivity index is 1.25. The number of carbonyl (C=O) groups is 1. The molecule has 1 aromatic heterocycles. The Bertz CT molecular complexity index is 1540. The van der Waals surface area contributed by atoms with Crippen molar-refractivity contribution in [2.75, 3.05) is 13.1 Å². The number of carbonyl (C=O) groups excluding carboxylic acids is 1. The van der Waals surface area contributed by atoms with Gasteiger partial charge in [-0.05, 0) is 67.3 Å². The van der Waals surface area contributed by atoms with Gasteiger partial charge in [-0.1, -0.05) is 24.3 Å². The van der Waals surface area contributed by atoms with Crippen LogP contribution in [0.1, 0.15) is 52.1 Å². The summed E-state index contributed by atoms with van der Waals surface area (Å²) < 4.78 is 36.2. The Kier molecular flexibility index (Phi) is 6.72. The van der Waals surface area contributed by atoms with Gasteiger partial charge in [0.15, 0.2) is 23.2 Å². The van der Waals surface area contributed by atoms with Gasteiger partial charge in [-0.2, -0.15) is 5.26 Å². The molecule has 6 nitrogen and oxygen atoms in total. The highest BCUT2D eigenvalue weighted by molar-refractivity contribution is 5.97. The molecule has 0 N–H and O–H groups in total. The molecule has 37 heavy (non-hydrogen) atoms. The van der Waals surface area contributed by atoms with Crippen LogP contribution in [0.2, 0.25) is 0 Å². The summed E-state index contributed by atoms with van der Waals surface area (Å²) in [4.78, 5) is 18.6. The molecule has 0 saturated carbocycles. The number of likely N-dealkylation sites (tertiary alicyclic amines) is 1. The molecule has 188 valence electrons. The van der Waals surface area contributed by atoms with E-state index in [1.165, 1.54) is 36.8 Å². The number of ether oxygens (including phenoxy) is 1. The third-order valence-electron chi connectivity index (χ3n) is 6.95. The van der Waals surface area contributed by atoms with E-state index in [0.29, 0.717) is 23.5 Å². The molecular formula is C29H26F2N4O2. The summed E-state index contributed by atoms with van der Waals surface area (Å²) in [5.74, 6) is -0.0275. The fraction of sp³-hybridized carbons (Fsp3) is 0.276. The van der Waals surface area contributed by atoms with Crippen molar-refractivity contribution in [3.63, 3.8) is 0 Å². The number of aromatic nitrogens is 2. The summed E-state index contributed by atoms with van der Waals surface area (Å²) in [5, 5.41) is 8.89. The molecule has 1 atom stereocenters. The second kappa shape index (κ2) is 10.1. The van der Waals surface area contributed by atoms with Gasteiger partial charge in [-0.25, -0.2) is 13.8 Å². The number of halogens is 2. The van der Waals surface area contributed by atoms with Gasteiger partial charge in [0.25, 0.3) is 0 Å². The highest BCUT2D eigenvalue weighted by atomic mass is 19.1. The molecule has 1 fully saturated rings. The summed E-state index contributed by atoms with van der Waals surface area (Å²) in [6, 6.07) is 17.1. The Hall–Kier alpha value is -4.09. The van der Waals surface area contributed by atoms with Crippen LogP contribution in [-0.4, -0.2) is 33.3 Å². The summed E-state index contributed by atoms with van der Waals surface area (Å²) >= 11 is 0. The maximum atomic E-state index is 14.6. The summed E-state index contributed by atoms with van der Waals surface area (Å²) in [6.07, 6.45) is 0.974. The van der Waals surface area contributed by atoms with Gasteiger partial charge in [0.1, 0.15) is 17.9 Å². The minimum Gasteiger partial charge on any atom is -0.486 e. The number of imidazole rings is 1. The second-order valence-corrected chi connectivity index (χ2v) is 9.48. The van der Waals surface area contributed by atoms with Crippen LogP contribution in [-0.2, 0) is 20.2 Å². The normalized spacial score (nSPS) is 15.7. The van der Waals surface area contributed by atoms with E-state index in [4.69, 9.17) is 10.00 Å². The molecule has 0 aliphatic carbocycles. The van der Waals surface area contributed by atoms with Gasteiger partial charge >= 0.3 is 0 Å².